The van der Waals surface area contributed by atoms with Crippen LogP contribution in [-0.2, 0) is 4.79 Å². The van der Waals surface area contributed by atoms with Gasteiger partial charge < -0.3 is 10.2 Å². The Balaban J connectivity index is 2.24. The van der Waals surface area contributed by atoms with Crippen molar-refractivity contribution in [2.45, 2.75) is 20.3 Å². The molecule has 1 heterocycles. The molecule has 0 saturated carbocycles. The third-order valence-corrected chi connectivity index (χ3v) is 2.83. The maximum absolute atomic E-state index is 11.5. The first-order chi connectivity index (χ1) is 7.65. The molecular weight excluding hydrogens is 200 g/mol. The van der Waals surface area contributed by atoms with Gasteiger partial charge in [-0.15, -0.1) is 0 Å². The molecule has 1 N–H and O–H groups in total. The van der Waals surface area contributed by atoms with Crippen LogP contribution in [0.4, 0.5) is 5.69 Å². The van der Waals surface area contributed by atoms with E-state index in [-0.39, 0.29) is 5.91 Å². The minimum atomic E-state index is 0.122. The number of hydrogen-bond acceptors (Lipinski definition) is 2. The van der Waals surface area contributed by atoms with E-state index in [1.54, 1.807) is 0 Å². The van der Waals surface area contributed by atoms with Crippen LogP contribution in [0.15, 0.2) is 18.2 Å². The molecule has 0 radical (unpaired) electrons. The SMILES string of the molecule is Cc1cc(C)cc(N2CCCNC(=O)C2)c1. The molecule has 0 aromatic heterocycles. The Bertz CT molecular complexity index is 381. The van der Waals surface area contributed by atoms with Gasteiger partial charge in [-0.2, -0.15) is 0 Å². The summed E-state index contributed by atoms with van der Waals surface area (Å²) >= 11 is 0. The van der Waals surface area contributed by atoms with Gasteiger partial charge in [0.2, 0.25) is 5.91 Å². The molecule has 1 aromatic rings. The van der Waals surface area contributed by atoms with Gasteiger partial charge in [0.15, 0.2) is 0 Å². The quantitative estimate of drug-likeness (QED) is 0.777. The van der Waals surface area contributed by atoms with Crippen molar-refractivity contribution in [2.75, 3.05) is 24.5 Å². The van der Waals surface area contributed by atoms with Crippen molar-refractivity contribution < 1.29 is 4.79 Å². The van der Waals surface area contributed by atoms with E-state index in [0.29, 0.717) is 6.54 Å². The summed E-state index contributed by atoms with van der Waals surface area (Å²) in [6.45, 7) is 6.40. The predicted molar refractivity (Wildman–Crippen MR) is 65.8 cm³/mol. The molecule has 16 heavy (non-hydrogen) atoms. The lowest BCUT2D eigenvalue weighted by atomic mass is 10.1. The van der Waals surface area contributed by atoms with Gasteiger partial charge in [-0.3, -0.25) is 4.79 Å². The zero-order valence-corrected chi connectivity index (χ0v) is 9.92. The lowest BCUT2D eigenvalue weighted by Gasteiger charge is -2.22. The second kappa shape index (κ2) is 4.56. The lowest BCUT2D eigenvalue weighted by molar-refractivity contribution is -0.119. The van der Waals surface area contributed by atoms with Crippen molar-refractivity contribution in [3.63, 3.8) is 0 Å². The summed E-state index contributed by atoms with van der Waals surface area (Å²) in [5.41, 5.74) is 3.66. The summed E-state index contributed by atoms with van der Waals surface area (Å²) in [7, 11) is 0. The van der Waals surface area contributed by atoms with E-state index in [0.717, 1.165) is 25.2 Å². The van der Waals surface area contributed by atoms with Crippen LogP contribution in [0.2, 0.25) is 0 Å². The van der Waals surface area contributed by atoms with Gasteiger partial charge in [0.05, 0.1) is 6.54 Å². The second-order valence-corrected chi connectivity index (χ2v) is 4.47. The van der Waals surface area contributed by atoms with Crippen LogP contribution in [0.3, 0.4) is 0 Å². The smallest absolute Gasteiger partial charge is 0.239 e. The maximum Gasteiger partial charge on any atom is 0.239 e. The molecule has 0 bridgehead atoms. The zero-order chi connectivity index (χ0) is 11.5. The Morgan fingerprint density at radius 1 is 1.19 bits per heavy atom. The van der Waals surface area contributed by atoms with Gasteiger partial charge in [-0.25, -0.2) is 0 Å². The number of benzene rings is 1. The van der Waals surface area contributed by atoms with Crippen molar-refractivity contribution >= 4 is 11.6 Å². The van der Waals surface area contributed by atoms with Crippen LogP contribution in [0, 0.1) is 13.8 Å². The summed E-state index contributed by atoms with van der Waals surface area (Å²) in [6, 6.07) is 6.44. The molecular formula is C13H18N2O. The highest BCUT2D eigenvalue weighted by Gasteiger charge is 2.15. The molecule has 3 heteroatoms. The molecule has 1 aliphatic rings. The predicted octanol–water partition coefficient (Wildman–Crippen LogP) is 1.63. The average molecular weight is 218 g/mol. The van der Waals surface area contributed by atoms with E-state index >= 15 is 0 Å². The monoisotopic (exact) mass is 218 g/mol. The number of hydrogen-bond donors (Lipinski definition) is 1. The van der Waals surface area contributed by atoms with Gasteiger partial charge in [-0.1, -0.05) is 6.07 Å². The van der Waals surface area contributed by atoms with E-state index in [2.05, 4.69) is 42.3 Å². The van der Waals surface area contributed by atoms with Crippen LogP contribution in [0.25, 0.3) is 0 Å². The Hall–Kier alpha value is -1.51. The van der Waals surface area contributed by atoms with Crippen molar-refractivity contribution in [2.24, 2.45) is 0 Å². The number of carbonyl (C=O) groups is 1. The maximum atomic E-state index is 11.5. The van der Waals surface area contributed by atoms with E-state index in [4.69, 9.17) is 0 Å². The summed E-state index contributed by atoms with van der Waals surface area (Å²) in [5.74, 6) is 0.122. The van der Waals surface area contributed by atoms with Gasteiger partial charge in [0, 0.05) is 18.8 Å². The molecule has 0 aliphatic carbocycles. The summed E-state index contributed by atoms with van der Waals surface area (Å²) < 4.78 is 0. The number of rotatable bonds is 1. The topological polar surface area (TPSA) is 32.3 Å². The number of nitrogens with one attached hydrogen (secondary N) is 1. The highest BCUT2D eigenvalue weighted by Crippen LogP contribution is 2.19. The molecule has 0 spiro atoms. The minimum Gasteiger partial charge on any atom is -0.362 e. The minimum absolute atomic E-state index is 0.122. The van der Waals surface area contributed by atoms with Crippen molar-refractivity contribution in [1.82, 2.24) is 5.32 Å². The first-order valence-corrected chi connectivity index (χ1v) is 5.75. The summed E-state index contributed by atoms with van der Waals surface area (Å²) in [5, 5.41) is 2.89. The third kappa shape index (κ3) is 2.54. The number of amides is 1. The highest BCUT2D eigenvalue weighted by atomic mass is 16.2. The fourth-order valence-electron chi connectivity index (χ4n) is 2.16. The number of carbonyl (C=O) groups excluding carboxylic acids is 1. The van der Waals surface area contributed by atoms with E-state index < -0.39 is 0 Å². The normalized spacial score (nSPS) is 16.9. The van der Waals surface area contributed by atoms with Crippen molar-refractivity contribution in [1.29, 1.82) is 0 Å². The van der Waals surface area contributed by atoms with Gasteiger partial charge >= 0.3 is 0 Å². The molecule has 0 unspecified atom stereocenters. The van der Waals surface area contributed by atoms with Crippen LogP contribution >= 0.6 is 0 Å². The van der Waals surface area contributed by atoms with E-state index in [1.165, 1.54) is 11.1 Å². The molecule has 86 valence electrons. The zero-order valence-electron chi connectivity index (χ0n) is 9.92. The first-order valence-electron chi connectivity index (χ1n) is 5.75. The molecule has 1 fully saturated rings. The fraction of sp³-hybridized carbons (Fsp3) is 0.462. The third-order valence-electron chi connectivity index (χ3n) is 2.83. The largest absolute Gasteiger partial charge is 0.362 e. The molecule has 3 nitrogen and oxygen atoms in total. The van der Waals surface area contributed by atoms with Gasteiger partial charge in [-0.05, 0) is 43.5 Å². The van der Waals surface area contributed by atoms with Gasteiger partial charge in [0.25, 0.3) is 0 Å². The van der Waals surface area contributed by atoms with Gasteiger partial charge in [0.1, 0.15) is 0 Å². The first kappa shape index (κ1) is 11.0. The van der Waals surface area contributed by atoms with E-state index in [9.17, 15) is 4.79 Å². The standard InChI is InChI=1S/C13H18N2O/c1-10-6-11(2)8-12(7-10)15-5-3-4-14-13(16)9-15/h6-8H,3-5,9H2,1-2H3,(H,14,16). The van der Waals surface area contributed by atoms with Crippen molar-refractivity contribution in [3.05, 3.63) is 29.3 Å². The fourth-order valence-corrected chi connectivity index (χ4v) is 2.16. The van der Waals surface area contributed by atoms with Crippen molar-refractivity contribution in [3.8, 4) is 0 Å². The summed E-state index contributed by atoms with van der Waals surface area (Å²) in [6.07, 6.45) is 1.01. The highest BCUT2D eigenvalue weighted by molar-refractivity contribution is 5.81. The molecule has 1 amide bonds. The molecule has 0 atom stereocenters. The van der Waals surface area contributed by atoms with Crippen LogP contribution in [0.1, 0.15) is 17.5 Å². The molecule has 1 aliphatic heterocycles. The van der Waals surface area contributed by atoms with E-state index in [1.807, 2.05) is 0 Å². The Morgan fingerprint density at radius 2 is 1.88 bits per heavy atom. The number of anilines is 1. The van der Waals surface area contributed by atoms with Crippen LogP contribution < -0.4 is 10.2 Å². The average Bonchev–Trinajstić information content (AvgIpc) is 2.41. The molecule has 1 aromatic carbocycles. The second-order valence-electron chi connectivity index (χ2n) is 4.47. The molecule has 2 rings (SSSR count). The number of nitrogens with zero attached hydrogens (tertiary/aromatic N) is 1. The Labute approximate surface area is 96.5 Å². The lowest BCUT2D eigenvalue weighted by Crippen LogP contribution is -2.33. The summed E-state index contributed by atoms with van der Waals surface area (Å²) in [4.78, 5) is 13.6. The molecule has 1 saturated heterocycles. The Morgan fingerprint density at radius 3 is 2.56 bits per heavy atom. The number of aryl methyl sites for hydroxylation is 2. The van der Waals surface area contributed by atoms with Crippen LogP contribution in [-0.4, -0.2) is 25.5 Å². The van der Waals surface area contributed by atoms with Crippen LogP contribution in [0.5, 0.6) is 0 Å². The Kier molecular flexibility index (Phi) is 3.13.